The molecule has 112 valence electrons. The summed E-state index contributed by atoms with van der Waals surface area (Å²) in [6, 6.07) is 14.1. The predicted molar refractivity (Wildman–Crippen MR) is 89.2 cm³/mol. The molecule has 3 nitrogen and oxygen atoms in total. The number of aromatic nitrogens is 1. The standard InChI is InChI=1S/C19H19NO2/c1-4-22-19(21)18-16(14-8-6-5-7-9-14)15-12(2)10-11-13(3)17(15)20-18/h5-11,20H,4H2,1-3H3. The molecule has 0 aliphatic heterocycles. The van der Waals surface area contributed by atoms with Gasteiger partial charge in [-0.2, -0.15) is 0 Å². The van der Waals surface area contributed by atoms with Crippen molar-refractivity contribution in [2.75, 3.05) is 6.61 Å². The van der Waals surface area contributed by atoms with Crippen molar-refractivity contribution in [2.45, 2.75) is 20.8 Å². The summed E-state index contributed by atoms with van der Waals surface area (Å²) in [5.74, 6) is -0.309. The molecule has 0 spiro atoms. The lowest BCUT2D eigenvalue weighted by molar-refractivity contribution is 0.0521. The smallest absolute Gasteiger partial charge is 0.355 e. The maximum absolute atomic E-state index is 12.4. The van der Waals surface area contributed by atoms with Gasteiger partial charge in [-0.15, -0.1) is 0 Å². The summed E-state index contributed by atoms with van der Waals surface area (Å²) in [6.07, 6.45) is 0. The predicted octanol–water partition coefficient (Wildman–Crippen LogP) is 4.63. The maximum Gasteiger partial charge on any atom is 0.355 e. The molecule has 0 amide bonds. The van der Waals surface area contributed by atoms with E-state index in [2.05, 4.69) is 24.0 Å². The van der Waals surface area contributed by atoms with Crippen LogP contribution in [0, 0.1) is 13.8 Å². The van der Waals surface area contributed by atoms with Crippen LogP contribution < -0.4 is 0 Å². The summed E-state index contributed by atoms with van der Waals surface area (Å²) in [5.41, 5.74) is 5.74. The molecule has 0 radical (unpaired) electrons. The third-order valence-electron chi connectivity index (χ3n) is 3.91. The second kappa shape index (κ2) is 5.68. The third-order valence-corrected chi connectivity index (χ3v) is 3.91. The number of carbonyl (C=O) groups is 1. The Bertz CT molecular complexity index is 832. The molecule has 0 bridgehead atoms. The van der Waals surface area contributed by atoms with E-state index in [1.54, 1.807) is 0 Å². The van der Waals surface area contributed by atoms with Crippen molar-refractivity contribution in [1.29, 1.82) is 0 Å². The Morgan fingerprint density at radius 2 is 1.73 bits per heavy atom. The number of esters is 1. The fourth-order valence-electron chi connectivity index (χ4n) is 2.86. The fraction of sp³-hybridized carbons (Fsp3) is 0.211. The molecule has 1 N–H and O–H groups in total. The van der Waals surface area contributed by atoms with Crippen LogP contribution in [0.5, 0.6) is 0 Å². The van der Waals surface area contributed by atoms with Crippen LogP contribution in [-0.2, 0) is 4.74 Å². The van der Waals surface area contributed by atoms with Gasteiger partial charge in [0, 0.05) is 16.5 Å². The minimum atomic E-state index is -0.309. The van der Waals surface area contributed by atoms with Crippen LogP contribution in [0.4, 0.5) is 0 Å². The van der Waals surface area contributed by atoms with Gasteiger partial charge in [0.2, 0.25) is 0 Å². The van der Waals surface area contributed by atoms with Crippen molar-refractivity contribution in [2.24, 2.45) is 0 Å². The Labute approximate surface area is 129 Å². The van der Waals surface area contributed by atoms with E-state index in [1.165, 1.54) is 0 Å². The average molecular weight is 293 g/mol. The topological polar surface area (TPSA) is 42.1 Å². The number of carbonyl (C=O) groups excluding carboxylic acids is 1. The van der Waals surface area contributed by atoms with Gasteiger partial charge < -0.3 is 9.72 Å². The molecule has 0 fully saturated rings. The van der Waals surface area contributed by atoms with Crippen LogP contribution >= 0.6 is 0 Å². The number of nitrogens with one attached hydrogen (secondary N) is 1. The molecule has 3 aromatic rings. The lowest BCUT2D eigenvalue weighted by atomic mass is 9.97. The Morgan fingerprint density at radius 1 is 1.05 bits per heavy atom. The molecular weight excluding hydrogens is 274 g/mol. The zero-order chi connectivity index (χ0) is 15.7. The summed E-state index contributed by atoms with van der Waals surface area (Å²) < 4.78 is 5.23. The lowest BCUT2D eigenvalue weighted by Gasteiger charge is -2.06. The number of hydrogen-bond acceptors (Lipinski definition) is 2. The SMILES string of the molecule is CCOC(=O)c1[nH]c2c(C)ccc(C)c2c1-c1ccccc1. The van der Waals surface area contributed by atoms with Gasteiger partial charge in [-0.25, -0.2) is 4.79 Å². The molecule has 2 aromatic carbocycles. The quantitative estimate of drug-likeness (QED) is 0.715. The normalized spacial score (nSPS) is 10.9. The van der Waals surface area contributed by atoms with Crippen molar-refractivity contribution >= 4 is 16.9 Å². The number of aryl methyl sites for hydroxylation is 2. The summed E-state index contributed by atoms with van der Waals surface area (Å²) >= 11 is 0. The van der Waals surface area contributed by atoms with Gasteiger partial charge in [0.15, 0.2) is 0 Å². The summed E-state index contributed by atoms with van der Waals surface area (Å²) in [4.78, 5) is 15.7. The fourth-order valence-corrected chi connectivity index (χ4v) is 2.86. The number of benzene rings is 2. The molecular formula is C19H19NO2. The molecule has 0 atom stereocenters. The largest absolute Gasteiger partial charge is 0.461 e. The summed E-state index contributed by atoms with van der Waals surface area (Å²) in [6.45, 7) is 6.29. The van der Waals surface area contributed by atoms with Crippen LogP contribution in [0.2, 0.25) is 0 Å². The maximum atomic E-state index is 12.4. The second-order valence-electron chi connectivity index (χ2n) is 5.41. The number of hydrogen-bond donors (Lipinski definition) is 1. The second-order valence-corrected chi connectivity index (χ2v) is 5.41. The average Bonchev–Trinajstić information content (AvgIpc) is 2.94. The monoisotopic (exact) mass is 293 g/mol. The molecule has 0 aliphatic rings. The van der Waals surface area contributed by atoms with Crippen molar-refractivity contribution in [1.82, 2.24) is 4.98 Å². The molecule has 1 aromatic heterocycles. The number of fused-ring (bicyclic) bond motifs is 1. The highest BCUT2D eigenvalue weighted by atomic mass is 16.5. The Kier molecular flexibility index (Phi) is 3.72. The zero-order valence-electron chi connectivity index (χ0n) is 13.1. The molecule has 22 heavy (non-hydrogen) atoms. The first-order valence-electron chi connectivity index (χ1n) is 7.48. The van der Waals surface area contributed by atoms with E-state index >= 15 is 0 Å². The van der Waals surface area contributed by atoms with Crippen molar-refractivity contribution < 1.29 is 9.53 Å². The highest BCUT2D eigenvalue weighted by Crippen LogP contribution is 2.36. The first-order valence-corrected chi connectivity index (χ1v) is 7.48. The number of H-pyrrole nitrogens is 1. The Morgan fingerprint density at radius 3 is 2.41 bits per heavy atom. The van der Waals surface area contributed by atoms with E-state index in [1.807, 2.05) is 44.2 Å². The van der Waals surface area contributed by atoms with E-state index < -0.39 is 0 Å². The van der Waals surface area contributed by atoms with Crippen LogP contribution in [-0.4, -0.2) is 17.6 Å². The van der Waals surface area contributed by atoms with Crippen LogP contribution in [0.3, 0.4) is 0 Å². The van der Waals surface area contributed by atoms with Crippen molar-refractivity contribution in [3.63, 3.8) is 0 Å². The lowest BCUT2D eigenvalue weighted by Crippen LogP contribution is -2.06. The van der Waals surface area contributed by atoms with Gasteiger partial charge in [0.25, 0.3) is 0 Å². The first kappa shape index (κ1) is 14.4. The molecule has 0 saturated heterocycles. The Balaban J connectivity index is 2.37. The molecule has 3 rings (SSSR count). The highest BCUT2D eigenvalue weighted by molar-refractivity contribution is 6.09. The minimum Gasteiger partial charge on any atom is -0.461 e. The van der Waals surface area contributed by atoms with E-state index in [0.29, 0.717) is 12.3 Å². The van der Waals surface area contributed by atoms with E-state index in [4.69, 9.17) is 4.74 Å². The van der Waals surface area contributed by atoms with Gasteiger partial charge in [-0.1, -0.05) is 42.5 Å². The molecule has 0 aliphatic carbocycles. The first-order chi connectivity index (χ1) is 10.6. The van der Waals surface area contributed by atoms with E-state index in [0.717, 1.165) is 33.2 Å². The van der Waals surface area contributed by atoms with Gasteiger partial charge in [-0.05, 0) is 37.5 Å². The summed E-state index contributed by atoms with van der Waals surface area (Å²) in [5, 5.41) is 1.09. The van der Waals surface area contributed by atoms with Crippen LogP contribution in [0.25, 0.3) is 22.0 Å². The summed E-state index contributed by atoms with van der Waals surface area (Å²) in [7, 11) is 0. The van der Waals surface area contributed by atoms with Gasteiger partial charge in [-0.3, -0.25) is 0 Å². The molecule has 3 heteroatoms. The number of rotatable bonds is 3. The molecule has 1 heterocycles. The molecule has 0 saturated carbocycles. The number of ether oxygens (including phenoxy) is 1. The van der Waals surface area contributed by atoms with Crippen molar-refractivity contribution in [3.8, 4) is 11.1 Å². The van der Waals surface area contributed by atoms with Gasteiger partial charge >= 0.3 is 5.97 Å². The molecule has 0 unspecified atom stereocenters. The van der Waals surface area contributed by atoms with Crippen molar-refractivity contribution in [3.05, 3.63) is 59.3 Å². The zero-order valence-corrected chi connectivity index (χ0v) is 13.1. The van der Waals surface area contributed by atoms with E-state index in [9.17, 15) is 4.79 Å². The van der Waals surface area contributed by atoms with E-state index in [-0.39, 0.29) is 5.97 Å². The van der Waals surface area contributed by atoms with Gasteiger partial charge in [0.05, 0.1) is 6.61 Å². The highest BCUT2D eigenvalue weighted by Gasteiger charge is 2.21. The number of aromatic amines is 1. The van der Waals surface area contributed by atoms with Crippen LogP contribution in [0.15, 0.2) is 42.5 Å². The van der Waals surface area contributed by atoms with Gasteiger partial charge in [0.1, 0.15) is 5.69 Å². The minimum absolute atomic E-state index is 0.309. The van der Waals surface area contributed by atoms with Crippen LogP contribution in [0.1, 0.15) is 28.5 Å². The Hall–Kier alpha value is -2.55. The third kappa shape index (κ3) is 2.29.